The predicted octanol–water partition coefficient (Wildman–Crippen LogP) is 7.88. The topological polar surface area (TPSA) is 82.1 Å². The van der Waals surface area contributed by atoms with Gasteiger partial charge in [0.15, 0.2) is 11.5 Å². The zero-order valence-electron chi connectivity index (χ0n) is 21.8. The van der Waals surface area contributed by atoms with E-state index in [9.17, 15) is 14.4 Å². The van der Waals surface area contributed by atoms with E-state index in [0.29, 0.717) is 16.3 Å². The average molecular weight is 608 g/mol. The summed E-state index contributed by atoms with van der Waals surface area (Å²) >= 11 is 13.3. The number of rotatable bonds is 9. The van der Waals surface area contributed by atoms with Gasteiger partial charge in [-0.3, -0.25) is 14.5 Å². The van der Waals surface area contributed by atoms with Crippen LogP contribution in [0.2, 0.25) is 10.0 Å². The summed E-state index contributed by atoms with van der Waals surface area (Å²) in [5.41, 5.74) is 0.747. The zero-order chi connectivity index (χ0) is 28.9. The molecule has 1 fully saturated rings. The third-order valence-electron chi connectivity index (χ3n) is 6.08. The molecule has 41 heavy (non-hydrogen) atoms. The third-order valence-corrected chi connectivity index (χ3v) is 7.50. The Kier molecular flexibility index (Phi) is 8.83. The molecule has 0 aliphatic carbocycles. The number of fused-ring (bicyclic) bond motifs is 1. The van der Waals surface area contributed by atoms with Crippen molar-refractivity contribution in [2.45, 2.75) is 6.92 Å². The highest BCUT2D eigenvalue weighted by Gasteiger charge is 2.35. The molecule has 1 heterocycles. The van der Waals surface area contributed by atoms with E-state index in [2.05, 4.69) is 0 Å². The van der Waals surface area contributed by atoms with Gasteiger partial charge in [-0.05, 0) is 72.1 Å². The van der Waals surface area contributed by atoms with Gasteiger partial charge in [0, 0.05) is 10.4 Å². The lowest BCUT2D eigenvalue weighted by Crippen LogP contribution is -2.32. The number of amides is 2. The second kappa shape index (κ2) is 12.7. The molecule has 0 atom stereocenters. The van der Waals surface area contributed by atoms with Crippen LogP contribution in [0.5, 0.6) is 17.2 Å². The van der Waals surface area contributed by atoms with Gasteiger partial charge in [-0.25, -0.2) is 4.79 Å². The number of benzene rings is 4. The number of hydrogen-bond donors (Lipinski definition) is 0. The van der Waals surface area contributed by atoms with Crippen LogP contribution in [0.3, 0.4) is 0 Å². The van der Waals surface area contributed by atoms with Crippen molar-refractivity contribution in [1.82, 2.24) is 4.90 Å². The summed E-state index contributed by atoms with van der Waals surface area (Å²) in [6, 6.07) is 23.0. The Bertz CT molecular complexity index is 1680. The maximum Gasteiger partial charge on any atom is 0.343 e. The number of esters is 1. The fourth-order valence-electron chi connectivity index (χ4n) is 4.21. The normalized spacial score (nSPS) is 14.1. The fourth-order valence-corrected chi connectivity index (χ4v) is 5.53. The summed E-state index contributed by atoms with van der Waals surface area (Å²) in [4.78, 5) is 39.8. The molecular formula is C31H23Cl2NO6S. The third kappa shape index (κ3) is 6.51. The lowest BCUT2D eigenvalue weighted by Gasteiger charge is -2.14. The number of thioether (sulfide) groups is 1. The highest BCUT2D eigenvalue weighted by molar-refractivity contribution is 8.18. The molecule has 1 aliphatic heterocycles. The maximum absolute atomic E-state index is 13.1. The van der Waals surface area contributed by atoms with Crippen LogP contribution in [0.1, 0.15) is 22.8 Å². The van der Waals surface area contributed by atoms with Crippen LogP contribution < -0.4 is 14.2 Å². The van der Waals surface area contributed by atoms with Crippen molar-refractivity contribution >= 4 is 68.9 Å². The van der Waals surface area contributed by atoms with Gasteiger partial charge in [0.1, 0.15) is 12.4 Å². The van der Waals surface area contributed by atoms with Crippen LogP contribution in [0.15, 0.2) is 83.8 Å². The molecule has 5 rings (SSSR count). The Morgan fingerprint density at radius 3 is 2.51 bits per heavy atom. The molecule has 0 N–H and O–H groups in total. The summed E-state index contributed by atoms with van der Waals surface area (Å²) in [5, 5.41) is 2.08. The first-order valence-electron chi connectivity index (χ1n) is 12.6. The average Bonchev–Trinajstić information content (AvgIpc) is 3.22. The van der Waals surface area contributed by atoms with Crippen LogP contribution in [0.25, 0.3) is 16.8 Å². The standard InChI is InChI=1S/C31H23Cl2NO6S/c1-2-38-26-16-19(15-24(33)28(26)40-30(36)21-9-5-10-22(32)18-21)17-27-29(35)34(31(37)41-27)13-14-39-25-12-6-8-20-7-3-4-11-23(20)25/h3-12,15-18H,2,13-14H2,1H3/b27-17-. The van der Waals surface area contributed by atoms with Gasteiger partial charge in [0.05, 0.1) is 28.6 Å². The van der Waals surface area contributed by atoms with Gasteiger partial charge in [0.25, 0.3) is 11.1 Å². The molecule has 0 radical (unpaired) electrons. The van der Waals surface area contributed by atoms with E-state index in [0.717, 1.165) is 27.4 Å². The molecule has 0 spiro atoms. The molecular weight excluding hydrogens is 585 g/mol. The van der Waals surface area contributed by atoms with E-state index in [1.807, 2.05) is 42.5 Å². The second-order valence-electron chi connectivity index (χ2n) is 8.82. The second-order valence-corrected chi connectivity index (χ2v) is 10.7. The van der Waals surface area contributed by atoms with Crippen LogP contribution >= 0.6 is 35.0 Å². The van der Waals surface area contributed by atoms with Crippen LogP contribution in [0, 0.1) is 0 Å². The highest BCUT2D eigenvalue weighted by atomic mass is 35.5. The van der Waals surface area contributed by atoms with Gasteiger partial charge >= 0.3 is 5.97 Å². The van der Waals surface area contributed by atoms with Crippen LogP contribution in [0.4, 0.5) is 4.79 Å². The molecule has 1 saturated heterocycles. The van der Waals surface area contributed by atoms with Crippen LogP contribution in [-0.4, -0.2) is 41.8 Å². The van der Waals surface area contributed by atoms with Gasteiger partial charge in [-0.2, -0.15) is 0 Å². The minimum atomic E-state index is -0.657. The summed E-state index contributed by atoms with van der Waals surface area (Å²) in [7, 11) is 0. The first kappa shape index (κ1) is 28.5. The number of hydrogen-bond acceptors (Lipinski definition) is 7. The van der Waals surface area contributed by atoms with Crippen molar-refractivity contribution in [3.63, 3.8) is 0 Å². The summed E-state index contributed by atoms with van der Waals surface area (Å²) in [6.45, 7) is 2.28. The largest absolute Gasteiger partial charge is 0.491 e. The van der Waals surface area contributed by atoms with E-state index in [1.165, 1.54) is 12.1 Å². The first-order valence-corrected chi connectivity index (χ1v) is 14.2. The van der Waals surface area contributed by atoms with Gasteiger partial charge in [-0.15, -0.1) is 0 Å². The number of nitrogens with zero attached hydrogens (tertiary/aromatic N) is 1. The smallest absolute Gasteiger partial charge is 0.343 e. The molecule has 0 saturated carbocycles. The number of carbonyl (C=O) groups excluding carboxylic acids is 3. The zero-order valence-corrected chi connectivity index (χ0v) is 24.1. The molecule has 0 unspecified atom stereocenters. The van der Waals surface area contributed by atoms with E-state index in [4.69, 9.17) is 37.4 Å². The monoisotopic (exact) mass is 607 g/mol. The lowest BCUT2D eigenvalue weighted by molar-refractivity contribution is -0.123. The summed E-state index contributed by atoms with van der Waals surface area (Å²) in [6.07, 6.45) is 1.55. The Morgan fingerprint density at radius 1 is 0.927 bits per heavy atom. The molecule has 4 aromatic carbocycles. The number of imide groups is 1. The molecule has 0 bridgehead atoms. The molecule has 4 aromatic rings. The van der Waals surface area contributed by atoms with Crippen molar-refractivity contribution in [1.29, 1.82) is 0 Å². The highest BCUT2D eigenvalue weighted by Crippen LogP contribution is 2.39. The quantitative estimate of drug-likeness (QED) is 0.109. The van der Waals surface area contributed by atoms with Crippen LogP contribution in [-0.2, 0) is 4.79 Å². The summed E-state index contributed by atoms with van der Waals surface area (Å²) < 4.78 is 17.1. The van der Waals surface area contributed by atoms with Gasteiger partial charge in [0.2, 0.25) is 0 Å². The SMILES string of the molecule is CCOc1cc(/C=C2\SC(=O)N(CCOc3cccc4ccccc34)C2=O)cc(Cl)c1OC(=O)c1cccc(Cl)c1. The number of halogens is 2. The fraction of sp³-hybridized carbons (Fsp3) is 0.129. The maximum atomic E-state index is 13.1. The van der Waals surface area contributed by atoms with Crippen molar-refractivity contribution in [2.24, 2.45) is 0 Å². The minimum Gasteiger partial charge on any atom is -0.491 e. The lowest BCUT2D eigenvalue weighted by atomic mass is 10.1. The predicted molar refractivity (Wildman–Crippen MR) is 161 cm³/mol. The number of carbonyl (C=O) groups is 3. The van der Waals surface area contributed by atoms with E-state index in [-0.39, 0.29) is 46.7 Å². The van der Waals surface area contributed by atoms with E-state index in [1.54, 1.807) is 37.3 Å². The van der Waals surface area contributed by atoms with Crippen molar-refractivity contribution in [3.05, 3.63) is 105 Å². The summed E-state index contributed by atoms with van der Waals surface area (Å²) in [5.74, 6) is -0.166. The Balaban J connectivity index is 1.30. The van der Waals surface area contributed by atoms with E-state index >= 15 is 0 Å². The molecule has 1 aliphatic rings. The van der Waals surface area contributed by atoms with Crippen molar-refractivity contribution < 1.29 is 28.6 Å². The minimum absolute atomic E-state index is 0.0364. The first-order chi connectivity index (χ1) is 19.8. The molecule has 208 valence electrons. The Morgan fingerprint density at radius 2 is 1.71 bits per heavy atom. The Hall–Kier alpha value is -3.98. The van der Waals surface area contributed by atoms with Crippen molar-refractivity contribution in [3.8, 4) is 17.2 Å². The van der Waals surface area contributed by atoms with Crippen molar-refractivity contribution in [2.75, 3.05) is 19.8 Å². The van der Waals surface area contributed by atoms with Gasteiger partial charge in [-0.1, -0.05) is 65.7 Å². The number of ether oxygens (including phenoxy) is 3. The molecule has 10 heteroatoms. The molecule has 2 amide bonds. The van der Waals surface area contributed by atoms with E-state index < -0.39 is 17.1 Å². The molecule has 0 aromatic heterocycles. The Labute approximate surface area is 250 Å². The molecule has 7 nitrogen and oxygen atoms in total. The van der Waals surface area contributed by atoms with Gasteiger partial charge < -0.3 is 14.2 Å².